The Morgan fingerprint density at radius 1 is 0.424 bits per heavy atom. The quantitative estimate of drug-likeness (QED) is 0.0220. The van der Waals surface area contributed by atoms with E-state index in [0.717, 1.165) is 216 Å². The number of methoxy groups -OCH3 is 4. The van der Waals surface area contributed by atoms with Crippen molar-refractivity contribution >= 4 is 108 Å². The second-order valence-electron chi connectivity index (χ2n) is 32.2. The van der Waals surface area contributed by atoms with Crippen LogP contribution >= 0.6 is 34.8 Å². The second kappa shape index (κ2) is 44.1. The Labute approximate surface area is 710 Å². The van der Waals surface area contributed by atoms with Crippen LogP contribution in [0.2, 0.25) is 15.9 Å². The van der Waals surface area contributed by atoms with E-state index >= 15 is 0 Å². The molecule has 644 valence electrons. The fourth-order valence-electron chi connectivity index (χ4n) is 16.2. The predicted octanol–water partition coefficient (Wildman–Crippen LogP) is 13.6. The third-order valence-corrected chi connectivity index (χ3v) is 23.6. The molecule has 0 saturated carbocycles. The Balaban J connectivity index is 0.000000137. The summed E-state index contributed by atoms with van der Waals surface area (Å²) in [7, 11) is 10.7. The van der Waals surface area contributed by atoms with Crippen molar-refractivity contribution in [1.82, 2.24) is 64.4 Å². The summed E-state index contributed by atoms with van der Waals surface area (Å²) in [4.78, 5) is 52.5. The first kappa shape index (κ1) is 88.0. The fourth-order valence-corrected chi connectivity index (χ4v) is 16.7. The van der Waals surface area contributed by atoms with Gasteiger partial charge in [0.2, 0.25) is 21.8 Å². The first-order valence-corrected chi connectivity index (χ1v) is 44.0. The Bertz CT molecular complexity index is 4510. The van der Waals surface area contributed by atoms with Gasteiger partial charge in [0, 0.05) is 136 Å². The van der Waals surface area contributed by atoms with Crippen molar-refractivity contribution < 1.29 is 52.5 Å². The van der Waals surface area contributed by atoms with Crippen LogP contribution < -0.4 is 63.6 Å². The molecule has 1 unspecified atom stereocenters. The Hall–Kier alpha value is -7.81. The largest absolute Gasteiger partial charge is 0.493 e. The van der Waals surface area contributed by atoms with Crippen LogP contribution in [-0.2, 0) is 9.47 Å². The molecule has 4 N–H and O–H groups in total. The zero-order chi connectivity index (χ0) is 82.3. The zero-order valence-corrected chi connectivity index (χ0v) is 72.6. The number of fused-ring (bicyclic) bond motifs is 4. The molecule has 4 aromatic carbocycles. The molecule has 32 heteroatoms. The van der Waals surface area contributed by atoms with Crippen molar-refractivity contribution in [2.75, 3.05) is 219 Å². The molecule has 29 nitrogen and oxygen atoms in total. The summed E-state index contributed by atoms with van der Waals surface area (Å²) in [5.74, 6) is 9.17. The third kappa shape index (κ3) is 24.3. The molecule has 16 rings (SSSR count). The van der Waals surface area contributed by atoms with Crippen molar-refractivity contribution in [3.8, 4) is 46.0 Å². The molecule has 0 spiro atoms. The molecule has 8 aromatic rings. The van der Waals surface area contributed by atoms with Gasteiger partial charge in [-0.05, 0) is 242 Å². The van der Waals surface area contributed by atoms with Crippen LogP contribution in [0, 0.1) is 0 Å². The molecule has 8 fully saturated rings. The molecule has 8 aliphatic rings. The minimum atomic E-state index is -0.519. The lowest BCUT2D eigenvalue weighted by Gasteiger charge is -2.36. The number of aromatic nitrogens is 8. The number of benzene rings is 4. The molecule has 8 aliphatic heterocycles. The minimum Gasteiger partial charge on any atom is -0.493 e. The smallest absolute Gasteiger partial charge is 0.227 e. The fraction of sp³-hybridized carbons (Fsp3) is 0.628. The van der Waals surface area contributed by atoms with Crippen LogP contribution in [0.3, 0.4) is 0 Å². The minimum absolute atomic E-state index is 0.204. The van der Waals surface area contributed by atoms with Gasteiger partial charge in [0.1, 0.15) is 29.5 Å². The van der Waals surface area contributed by atoms with Gasteiger partial charge in [-0.2, -0.15) is 4.98 Å². The highest BCUT2D eigenvalue weighted by atomic mass is 35.5. The van der Waals surface area contributed by atoms with E-state index in [4.69, 9.17) is 92.1 Å². The summed E-state index contributed by atoms with van der Waals surface area (Å²) in [6.45, 7) is 26.2. The van der Waals surface area contributed by atoms with Gasteiger partial charge in [0.15, 0.2) is 46.0 Å². The highest BCUT2D eigenvalue weighted by molar-refractivity contribution is 6.29. The predicted molar refractivity (Wildman–Crippen MR) is 468 cm³/mol. The molecular formula is C86H123Cl3N18O11. The van der Waals surface area contributed by atoms with Crippen molar-refractivity contribution in [1.29, 1.82) is 0 Å². The summed E-state index contributed by atoms with van der Waals surface area (Å²) in [6.07, 6.45) is 19.3. The van der Waals surface area contributed by atoms with Gasteiger partial charge in [-0.3, -0.25) is 0 Å². The molecule has 0 amide bonds. The average molecular weight is 1690 g/mol. The first-order chi connectivity index (χ1) is 57.5. The van der Waals surface area contributed by atoms with Gasteiger partial charge in [-0.25, -0.2) is 34.9 Å². The van der Waals surface area contributed by atoms with Crippen LogP contribution in [0.4, 0.5) is 29.2 Å². The number of likely N-dealkylation sites (tertiary alicyclic amines) is 4. The summed E-state index contributed by atoms with van der Waals surface area (Å²) in [5.41, 5.74) is 3.06. The van der Waals surface area contributed by atoms with Crippen LogP contribution in [-0.4, -0.2) is 293 Å². The van der Waals surface area contributed by atoms with Crippen molar-refractivity contribution in [3.63, 3.8) is 0 Å². The maximum Gasteiger partial charge on any atom is 0.227 e. The van der Waals surface area contributed by atoms with E-state index in [9.17, 15) is 5.11 Å². The number of halogens is 3. The Morgan fingerprint density at radius 3 is 1.19 bits per heavy atom. The van der Waals surface area contributed by atoms with Gasteiger partial charge >= 0.3 is 0 Å². The molecule has 8 saturated heterocycles. The van der Waals surface area contributed by atoms with Crippen LogP contribution in [0.1, 0.15) is 129 Å². The SMILES string of the molecule is COc1cc2c(N3CCCCC3O)nc(N3CCC3)nc2cc1OCCCN(C)C.COc1cc2c(NC3CCN(C(C)C)CC3)nc(Cl)nc2cc1OCCCN1CCCC1.COc1cc2c(NC3CCOCC3)nc(Cl)nc2cc1OCCCN1CCCC1.COc1cc2c(NC3COC3)nc(Cl)nc2cc1OCCCN1CCCC1. The number of nitrogens with zero attached hydrogens (tertiary/aromatic N) is 15. The molecule has 0 aliphatic carbocycles. The standard InChI is InChI=1S/C24H36ClN5O2.C22H33N5O3.C21H29ClN4O3.C19H25ClN4O3/c1-17(2)30-12-7-18(8-13-30)26-23-19-15-21(31-3)22(16-20(19)27-24(25)28-23)32-14-6-11-29-9-4-5-10-29;1-25(2)9-7-13-30-19-15-17-16(14-18(19)29-3)21(27-12-5-4-8-20(27)28)24-22(23-17)26-10-6-11-26;1-27-18-13-16-17(14-19(18)29-10-4-9-26-7-2-3-8-26)24-21(22)25-20(16)23-15-5-11-28-12-6-15;1-25-16-9-14-15(22-19(20)23-18(14)21-13-11-26-12-13)10-17(16)27-8-4-7-24-5-2-3-6-24/h15-18H,4-14H2,1-3H3,(H,26,27,28);14-15,20,28H,4-13H2,1-3H3;13-15H,2-12H2,1H3,(H,23,24,25);9-10,13H,2-8,11-12H2,1H3,(H,21,22,23). The average Bonchev–Trinajstić information content (AvgIpc) is 0.909. The normalized spacial score (nSPS) is 18.5. The lowest BCUT2D eigenvalue weighted by atomic mass is 10.0. The highest BCUT2D eigenvalue weighted by Gasteiger charge is 2.30. The molecular weight excluding hydrogens is 1570 g/mol. The van der Waals surface area contributed by atoms with Crippen molar-refractivity contribution in [2.24, 2.45) is 0 Å². The number of hydrogen-bond donors (Lipinski definition) is 4. The molecule has 1 atom stereocenters. The van der Waals surface area contributed by atoms with Gasteiger partial charge in [0.05, 0.1) is 96.2 Å². The lowest BCUT2D eigenvalue weighted by molar-refractivity contribution is 0.0210. The van der Waals surface area contributed by atoms with Gasteiger partial charge in [-0.15, -0.1) is 0 Å². The van der Waals surface area contributed by atoms with Crippen LogP contribution in [0.25, 0.3) is 43.6 Å². The number of aliphatic hydroxyl groups excluding tert-OH is 1. The molecule has 0 bridgehead atoms. The van der Waals surface area contributed by atoms with E-state index < -0.39 is 6.23 Å². The summed E-state index contributed by atoms with van der Waals surface area (Å²) in [6, 6.07) is 16.9. The number of aliphatic hydroxyl groups is 1. The van der Waals surface area contributed by atoms with E-state index in [0.29, 0.717) is 110 Å². The molecule has 12 heterocycles. The molecule has 0 radical (unpaired) electrons. The van der Waals surface area contributed by atoms with Crippen molar-refractivity contribution in [3.05, 3.63) is 64.4 Å². The lowest BCUT2D eigenvalue weighted by Crippen LogP contribution is -2.42. The number of rotatable bonds is 33. The maximum absolute atomic E-state index is 10.6. The molecule has 4 aromatic heterocycles. The number of piperidine rings is 2. The number of nitrogens with one attached hydrogen (secondary N) is 3. The van der Waals surface area contributed by atoms with Crippen LogP contribution in [0.15, 0.2) is 48.5 Å². The van der Waals surface area contributed by atoms with Gasteiger partial charge in [-0.1, -0.05) is 0 Å². The van der Waals surface area contributed by atoms with E-state index in [1.165, 1.54) is 77.8 Å². The van der Waals surface area contributed by atoms with E-state index in [-0.39, 0.29) is 21.9 Å². The van der Waals surface area contributed by atoms with E-state index in [2.05, 4.69) is 103 Å². The monoisotopic (exact) mass is 1690 g/mol. The number of ether oxygens (including phenoxy) is 10. The van der Waals surface area contributed by atoms with Gasteiger partial charge in [0.25, 0.3) is 0 Å². The second-order valence-corrected chi connectivity index (χ2v) is 33.2. The van der Waals surface area contributed by atoms with Crippen molar-refractivity contribution in [2.45, 2.75) is 160 Å². The zero-order valence-electron chi connectivity index (χ0n) is 70.4. The van der Waals surface area contributed by atoms with Gasteiger partial charge < -0.3 is 103 Å². The summed E-state index contributed by atoms with van der Waals surface area (Å²) >= 11 is 18.6. The van der Waals surface area contributed by atoms with E-state index in [1.54, 1.807) is 28.4 Å². The summed E-state index contributed by atoms with van der Waals surface area (Å²) < 4.78 is 57.2. The van der Waals surface area contributed by atoms with E-state index in [1.807, 2.05) is 53.4 Å². The number of anilines is 5. The Morgan fingerprint density at radius 2 is 0.814 bits per heavy atom. The summed E-state index contributed by atoms with van der Waals surface area (Å²) in [5, 5.41) is 25.3. The molecule has 118 heavy (non-hydrogen) atoms. The van der Waals surface area contributed by atoms with Crippen LogP contribution in [0.5, 0.6) is 46.0 Å². The maximum atomic E-state index is 10.6. The first-order valence-electron chi connectivity index (χ1n) is 42.8. The highest BCUT2D eigenvalue weighted by Crippen LogP contribution is 2.42. The number of hydrogen-bond acceptors (Lipinski definition) is 29. The topological polar surface area (TPSA) is 274 Å². The third-order valence-electron chi connectivity index (χ3n) is 23.1. The Kier molecular flexibility index (Phi) is 32.9.